The second-order valence-corrected chi connectivity index (χ2v) is 6.37. The molecule has 0 saturated heterocycles. The number of benzene rings is 2. The standard InChI is InChI=1S/C20H22ClFN2O2/c1-4-15-8-5-7-13(2)19(15)24(14(3)25)12-11-23-20(26)18-16(21)9-6-10-17(18)22/h5-10H,4,11-12H2,1-3H3,(H,23,26). The van der Waals surface area contributed by atoms with E-state index in [0.29, 0.717) is 0 Å². The third kappa shape index (κ3) is 4.41. The number of para-hydroxylation sites is 1. The Morgan fingerprint density at radius 2 is 1.88 bits per heavy atom. The molecule has 0 aliphatic heterocycles. The number of aryl methyl sites for hydroxylation is 2. The van der Waals surface area contributed by atoms with E-state index in [2.05, 4.69) is 5.32 Å². The maximum absolute atomic E-state index is 13.8. The fourth-order valence-corrected chi connectivity index (χ4v) is 3.15. The number of hydrogen-bond acceptors (Lipinski definition) is 2. The molecule has 0 radical (unpaired) electrons. The molecule has 0 aliphatic rings. The Kier molecular flexibility index (Phi) is 6.75. The van der Waals surface area contributed by atoms with Gasteiger partial charge in [0.1, 0.15) is 5.82 Å². The largest absolute Gasteiger partial charge is 0.350 e. The fraction of sp³-hybridized carbons (Fsp3) is 0.300. The van der Waals surface area contributed by atoms with Crippen LogP contribution in [0, 0.1) is 12.7 Å². The van der Waals surface area contributed by atoms with Crippen molar-refractivity contribution in [3.8, 4) is 0 Å². The number of nitrogens with one attached hydrogen (secondary N) is 1. The van der Waals surface area contributed by atoms with Crippen molar-refractivity contribution in [1.29, 1.82) is 0 Å². The summed E-state index contributed by atoms with van der Waals surface area (Å²) in [7, 11) is 0. The number of halogens is 2. The highest BCUT2D eigenvalue weighted by atomic mass is 35.5. The Hall–Kier alpha value is -2.40. The van der Waals surface area contributed by atoms with E-state index in [0.717, 1.165) is 23.2 Å². The molecule has 0 aromatic heterocycles. The van der Waals surface area contributed by atoms with Gasteiger partial charge in [-0.1, -0.05) is 42.8 Å². The van der Waals surface area contributed by atoms with Gasteiger partial charge in [0, 0.05) is 25.7 Å². The molecule has 0 unspecified atom stereocenters. The predicted molar refractivity (Wildman–Crippen MR) is 102 cm³/mol. The Labute approximate surface area is 158 Å². The first-order valence-electron chi connectivity index (χ1n) is 8.45. The van der Waals surface area contributed by atoms with E-state index in [1.165, 1.54) is 25.1 Å². The van der Waals surface area contributed by atoms with Gasteiger partial charge in [0.25, 0.3) is 5.91 Å². The number of anilines is 1. The molecule has 0 fully saturated rings. The summed E-state index contributed by atoms with van der Waals surface area (Å²) in [6, 6.07) is 9.97. The van der Waals surface area contributed by atoms with Crippen LogP contribution in [0.3, 0.4) is 0 Å². The molecule has 2 aromatic rings. The zero-order chi connectivity index (χ0) is 19.3. The summed E-state index contributed by atoms with van der Waals surface area (Å²) in [4.78, 5) is 26.0. The van der Waals surface area contributed by atoms with Crippen molar-refractivity contribution < 1.29 is 14.0 Å². The first kappa shape index (κ1) is 19.9. The van der Waals surface area contributed by atoms with Gasteiger partial charge < -0.3 is 10.2 Å². The highest BCUT2D eigenvalue weighted by Gasteiger charge is 2.19. The van der Waals surface area contributed by atoms with Crippen LogP contribution in [0.5, 0.6) is 0 Å². The number of amides is 2. The molecule has 2 aromatic carbocycles. The van der Waals surface area contributed by atoms with E-state index in [4.69, 9.17) is 11.6 Å². The molecule has 1 N–H and O–H groups in total. The van der Waals surface area contributed by atoms with Crippen LogP contribution >= 0.6 is 11.6 Å². The molecule has 26 heavy (non-hydrogen) atoms. The van der Waals surface area contributed by atoms with Crippen LogP contribution in [0.1, 0.15) is 35.3 Å². The van der Waals surface area contributed by atoms with Crippen molar-refractivity contribution >= 4 is 29.1 Å². The first-order valence-corrected chi connectivity index (χ1v) is 8.83. The summed E-state index contributed by atoms with van der Waals surface area (Å²) in [5.41, 5.74) is 2.72. The highest BCUT2D eigenvalue weighted by Crippen LogP contribution is 2.26. The van der Waals surface area contributed by atoms with Gasteiger partial charge in [-0.2, -0.15) is 0 Å². The van der Waals surface area contributed by atoms with E-state index < -0.39 is 11.7 Å². The van der Waals surface area contributed by atoms with Gasteiger partial charge in [0.2, 0.25) is 5.91 Å². The van der Waals surface area contributed by atoms with Gasteiger partial charge in [0.15, 0.2) is 0 Å². The van der Waals surface area contributed by atoms with Gasteiger partial charge in [-0.05, 0) is 36.6 Å². The molecule has 0 atom stereocenters. The highest BCUT2D eigenvalue weighted by molar-refractivity contribution is 6.33. The van der Waals surface area contributed by atoms with Gasteiger partial charge in [-0.25, -0.2) is 4.39 Å². The second-order valence-electron chi connectivity index (χ2n) is 5.96. The maximum atomic E-state index is 13.8. The Morgan fingerprint density at radius 1 is 1.19 bits per heavy atom. The number of hydrogen-bond donors (Lipinski definition) is 1. The van der Waals surface area contributed by atoms with Crippen LogP contribution in [-0.4, -0.2) is 24.9 Å². The van der Waals surface area contributed by atoms with E-state index >= 15 is 0 Å². The van der Waals surface area contributed by atoms with Gasteiger partial charge in [0.05, 0.1) is 10.6 Å². The molecule has 138 valence electrons. The summed E-state index contributed by atoms with van der Waals surface area (Å²) in [5, 5.41) is 2.69. The van der Waals surface area contributed by atoms with Crippen LogP contribution in [0.15, 0.2) is 36.4 Å². The Morgan fingerprint density at radius 3 is 2.50 bits per heavy atom. The molecule has 6 heteroatoms. The molecular formula is C20H22ClFN2O2. The van der Waals surface area contributed by atoms with Crippen LogP contribution in [0.4, 0.5) is 10.1 Å². The zero-order valence-electron chi connectivity index (χ0n) is 15.1. The second kappa shape index (κ2) is 8.81. The topological polar surface area (TPSA) is 49.4 Å². The summed E-state index contributed by atoms with van der Waals surface area (Å²) in [5.74, 6) is -1.39. The van der Waals surface area contributed by atoms with E-state index in [-0.39, 0.29) is 29.6 Å². The van der Waals surface area contributed by atoms with Crippen LogP contribution in [-0.2, 0) is 11.2 Å². The van der Waals surface area contributed by atoms with E-state index in [9.17, 15) is 14.0 Å². The lowest BCUT2D eigenvalue weighted by Gasteiger charge is -2.26. The van der Waals surface area contributed by atoms with Gasteiger partial charge in [-0.3, -0.25) is 9.59 Å². The molecule has 4 nitrogen and oxygen atoms in total. The minimum atomic E-state index is -0.675. The molecule has 0 aliphatic carbocycles. The van der Waals surface area contributed by atoms with Crippen LogP contribution in [0.2, 0.25) is 5.02 Å². The fourth-order valence-electron chi connectivity index (χ4n) is 2.90. The van der Waals surface area contributed by atoms with Gasteiger partial charge >= 0.3 is 0 Å². The molecule has 0 saturated carbocycles. The predicted octanol–water partition coefficient (Wildman–Crippen LogP) is 4.13. The third-order valence-electron chi connectivity index (χ3n) is 4.16. The first-order chi connectivity index (χ1) is 12.4. The van der Waals surface area contributed by atoms with Crippen LogP contribution in [0.25, 0.3) is 0 Å². The summed E-state index contributed by atoms with van der Waals surface area (Å²) in [6.45, 7) is 5.92. The van der Waals surface area contributed by atoms with Crippen molar-refractivity contribution in [3.05, 3.63) is 63.9 Å². The van der Waals surface area contributed by atoms with Gasteiger partial charge in [-0.15, -0.1) is 0 Å². The van der Waals surface area contributed by atoms with Crippen molar-refractivity contribution in [1.82, 2.24) is 5.32 Å². The lowest BCUT2D eigenvalue weighted by atomic mass is 10.0. The van der Waals surface area contributed by atoms with Crippen molar-refractivity contribution in [3.63, 3.8) is 0 Å². The summed E-state index contributed by atoms with van der Waals surface area (Å²) in [6.07, 6.45) is 0.790. The lowest BCUT2D eigenvalue weighted by Crippen LogP contribution is -2.38. The number of carbonyl (C=O) groups excluding carboxylic acids is 2. The average Bonchev–Trinajstić information content (AvgIpc) is 2.58. The van der Waals surface area contributed by atoms with E-state index in [1.807, 2.05) is 32.0 Å². The molecule has 0 heterocycles. The number of carbonyl (C=O) groups is 2. The minimum absolute atomic E-state index is 0.0538. The maximum Gasteiger partial charge on any atom is 0.255 e. The van der Waals surface area contributed by atoms with E-state index in [1.54, 1.807) is 4.90 Å². The molecule has 0 spiro atoms. The monoisotopic (exact) mass is 376 g/mol. The van der Waals surface area contributed by atoms with Crippen LogP contribution < -0.4 is 10.2 Å². The molecular weight excluding hydrogens is 355 g/mol. The summed E-state index contributed by atoms with van der Waals surface area (Å²) >= 11 is 5.91. The average molecular weight is 377 g/mol. The smallest absolute Gasteiger partial charge is 0.255 e. The molecule has 0 bridgehead atoms. The Balaban J connectivity index is 2.14. The number of rotatable bonds is 6. The summed E-state index contributed by atoms with van der Waals surface area (Å²) < 4.78 is 13.8. The minimum Gasteiger partial charge on any atom is -0.350 e. The van der Waals surface area contributed by atoms with Crippen molar-refractivity contribution in [2.24, 2.45) is 0 Å². The van der Waals surface area contributed by atoms with Crippen molar-refractivity contribution in [2.75, 3.05) is 18.0 Å². The third-order valence-corrected chi connectivity index (χ3v) is 4.48. The van der Waals surface area contributed by atoms with Crippen molar-refractivity contribution in [2.45, 2.75) is 27.2 Å². The normalized spacial score (nSPS) is 10.5. The SMILES string of the molecule is CCc1cccc(C)c1N(CCNC(=O)c1c(F)cccc1Cl)C(C)=O. The molecule has 2 rings (SSSR count). The quantitative estimate of drug-likeness (QED) is 0.824. The molecule has 2 amide bonds. The lowest BCUT2D eigenvalue weighted by molar-refractivity contribution is -0.116. The number of nitrogens with zero attached hydrogens (tertiary/aromatic N) is 1. The zero-order valence-corrected chi connectivity index (χ0v) is 15.9. The Bertz CT molecular complexity index is 803.